The van der Waals surface area contributed by atoms with Crippen molar-refractivity contribution in [2.75, 3.05) is 6.61 Å². The molecule has 78 valence electrons. The van der Waals surface area contributed by atoms with Crippen LogP contribution in [0.3, 0.4) is 0 Å². The molecular weight excluding hydrogens is 199 g/mol. The van der Waals surface area contributed by atoms with Crippen LogP contribution in [0.5, 0.6) is 5.75 Å². The van der Waals surface area contributed by atoms with Crippen molar-refractivity contribution in [3.63, 3.8) is 0 Å². The number of rotatable bonds is 1. The van der Waals surface area contributed by atoms with Gasteiger partial charge in [0.05, 0.1) is 6.61 Å². The molecule has 3 nitrogen and oxygen atoms in total. The van der Waals surface area contributed by atoms with Gasteiger partial charge in [-0.15, -0.1) is 0 Å². The predicted molar refractivity (Wildman–Crippen MR) is 52.2 cm³/mol. The highest BCUT2D eigenvalue weighted by Gasteiger charge is 2.21. The van der Waals surface area contributed by atoms with E-state index in [4.69, 9.17) is 9.84 Å². The van der Waals surface area contributed by atoms with Gasteiger partial charge in [-0.2, -0.15) is 4.39 Å². The van der Waals surface area contributed by atoms with E-state index >= 15 is 0 Å². The van der Waals surface area contributed by atoms with E-state index in [1.54, 1.807) is 24.3 Å². The lowest BCUT2D eigenvalue weighted by Crippen LogP contribution is -2.10. The van der Waals surface area contributed by atoms with Crippen LogP contribution in [-0.4, -0.2) is 17.7 Å². The highest BCUT2D eigenvalue weighted by atomic mass is 19.1. The Morgan fingerprint density at radius 1 is 1.40 bits per heavy atom. The summed E-state index contributed by atoms with van der Waals surface area (Å²) in [7, 11) is 0. The zero-order chi connectivity index (χ0) is 10.8. The summed E-state index contributed by atoms with van der Waals surface area (Å²) in [5.41, 5.74) is 0.744. The number of aliphatic carboxylic acids is 1. The van der Waals surface area contributed by atoms with Crippen molar-refractivity contribution in [2.45, 2.75) is 6.42 Å². The number of para-hydroxylation sites is 1. The third-order valence-corrected chi connectivity index (χ3v) is 2.27. The summed E-state index contributed by atoms with van der Waals surface area (Å²) < 4.78 is 18.6. The largest absolute Gasteiger partial charge is 0.493 e. The van der Waals surface area contributed by atoms with E-state index in [9.17, 15) is 9.18 Å². The summed E-state index contributed by atoms with van der Waals surface area (Å²) in [6, 6.07) is 6.85. The quantitative estimate of drug-likeness (QED) is 0.720. The second-order valence-electron chi connectivity index (χ2n) is 3.19. The summed E-state index contributed by atoms with van der Waals surface area (Å²) in [6.07, 6.45) is 0.287. The molecule has 1 heterocycles. The number of carboxylic acids is 1. The van der Waals surface area contributed by atoms with E-state index < -0.39 is 11.8 Å². The van der Waals surface area contributed by atoms with Crippen molar-refractivity contribution < 1.29 is 19.0 Å². The predicted octanol–water partition coefficient (Wildman–Crippen LogP) is 2.23. The minimum absolute atomic E-state index is 0.212. The van der Waals surface area contributed by atoms with Crippen LogP contribution in [0, 0.1) is 0 Å². The number of halogens is 1. The van der Waals surface area contributed by atoms with Gasteiger partial charge in [0.25, 0.3) is 0 Å². The van der Waals surface area contributed by atoms with Gasteiger partial charge in [-0.3, -0.25) is 0 Å². The van der Waals surface area contributed by atoms with Crippen LogP contribution < -0.4 is 4.74 Å². The number of hydrogen-bond acceptors (Lipinski definition) is 2. The van der Waals surface area contributed by atoms with E-state index in [0.717, 1.165) is 0 Å². The maximum Gasteiger partial charge on any atom is 0.365 e. The van der Waals surface area contributed by atoms with Gasteiger partial charge < -0.3 is 9.84 Å². The number of fused-ring (bicyclic) bond motifs is 1. The second kappa shape index (κ2) is 3.73. The Morgan fingerprint density at radius 2 is 2.13 bits per heavy atom. The molecule has 0 fully saturated rings. The van der Waals surface area contributed by atoms with Crippen LogP contribution in [0.25, 0.3) is 5.57 Å². The van der Waals surface area contributed by atoms with Crippen LogP contribution in [0.4, 0.5) is 4.39 Å². The smallest absolute Gasteiger partial charge is 0.365 e. The molecule has 1 aliphatic heterocycles. The van der Waals surface area contributed by atoms with Gasteiger partial charge in [-0.05, 0) is 6.07 Å². The summed E-state index contributed by atoms with van der Waals surface area (Å²) in [4.78, 5) is 10.5. The Kier molecular flexibility index (Phi) is 2.41. The van der Waals surface area contributed by atoms with Gasteiger partial charge >= 0.3 is 5.97 Å². The molecule has 0 saturated heterocycles. The van der Waals surface area contributed by atoms with Gasteiger partial charge in [0.2, 0.25) is 5.83 Å². The Morgan fingerprint density at radius 3 is 2.87 bits per heavy atom. The zero-order valence-electron chi connectivity index (χ0n) is 7.87. The first-order valence-corrected chi connectivity index (χ1v) is 4.54. The average Bonchev–Trinajstić information content (AvgIpc) is 2.27. The maximum atomic E-state index is 13.3. The summed E-state index contributed by atoms with van der Waals surface area (Å²) >= 11 is 0. The lowest BCUT2D eigenvalue weighted by Gasteiger charge is -2.19. The Labute approximate surface area is 85.8 Å². The highest BCUT2D eigenvalue weighted by molar-refractivity contribution is 5.95. The van der Waals surface area contributed by atoms with Gasteiger partial charge in [0, 0.05) is 17.6 Å². The van der Waals surface area contributed by atoms with Crippen LogP contribution in [0.2, 0.25) is 0 Å². The third kappa shape index (κ3) is 1.70. The van der Waals surface area contributed by atoms with Crippen molar-refractivity contribution in [1.29, 1.82) is 0 Å². The molecule has 1 aliphatic rings. The first kappa shape index (κ1) is 9.71. The van der Waals surface area contributed by atoms with Crippen LogP contribution in [0.15, 0.2) is 30.1 Å². The summed E-state index contributed by atoms with van der Waals surface area (Å²) in [6.45, 7) is 0.313. The molecule has 1 N–H and O–H groups in total. The Balaban J connectivity index is 2.55. The lowest BCUT2D eigenvalue weighted by molar-refractivity contribution is -0.134. The Bertz CT molecular complexity index is 437. The molecule has 4 heteroatoms. The van der Waals surface area contributed by atoms with Crippen molar-refractivity contribution in [1.82, 2.24) is 0 Å². The average molecular weight is 208 g/mol. The van der Waals surface area contributed by atoms with E-state index in [-0.39, 0.29) is 12.0 Å². The van der Waals surface area contributed by atoms with E-state index in [1.165, 1.54) is 0 Å². The van der Waals surface area contributed by atoms with Gasteiger partial charge in [-0.1, -0.05) is 18.2 Å². The minimum atomic E-state index is -1.53. The number of hydrogen-bond donors (Lipinski definition) is 1. The van der Waals surface area contributed by atoms with Crippen molar-refractivity contribution in [3.05, 3.63) is 35.7 Å². The zero-order valence-corrected chi connectivity index (χ0v) is 7.87. The molecule has 2 rings (SSSR count). The molecule has 0 saturated carbocycles. The van der Waals surface area contributed by atoms with Gasteiger partial charge in [-0.25, -0.2) is 4.79 Å². The van der Waals surface area contributed by atoms with Gasteiger partial charge in [0.1, 0.15) is 5.75 Å². The molecule has 0 aliphatic carbocycles. The molecular formula is C11H9FO3. The van der Waals surface area contributed by atoms with Crippen LogP contribution in [-0.2, 0) is 4.79 Å². The molecule has 0 aromatic heterocycles. The van der Waals surface area contributed by atoms with Crippen molar-refractivity contribution in [3.8, 4) is 5.75 Å². The molecule has 0 radical (unpaired) electrons. The normalized spacial score (nSPS) is 17.7. The SMILES string of the molecule is O=C(O)C(F)=C1CCOc2ccccc21. The Hall–Kier alpha value is -1.84. The second-order valence-corrected chi connectivity index (χ2v) is 3.19. The molecule has 0 spiro atoms. The lowest BCUT2D eigenvalue weighted by atomic mass is 9.99. The molecule has 0 unspecified atom stereocenters. The molecule has 0 atom stereocenters. The van der Waals surface area contributed by atoms with Crippen LogP contribution >= 0.6 is 0 Å². The fourth-order valence-electron chi connectivity index (χ4n) is 1.60. The third-order valence-electron chi connectivity index (χ3n) is 2.27. The summed E-state index contributed by atoms with van der Waals surface area (Å²) in [5, 5.41) is 8.59. The minimum Gasteiger partial charge on any atom is -0.493 e. The highest BCUT2D eigenvalue weighted by Crippen LogP contribution is 2.34. The van der Waals surface area contributed by atoms with E-state index in [1.807, 2.05) is 0 Å². The number of carbonyl (C=O) groups is 1. The number of carboxylic acid groups (broad SMARTS) is 1. The topological polar surface area (TPSA) is 46.5 Å². The van der Waals surface area contributed by atoms with Crippen LogP contribution in [0.1, 0.15) is 12.0 Å². The standard InChI is InChI=1S/C11H9FO3/c12-10(11(13)14)8-5-6-15-9-4-2-1-3-7(8)9/h1-4H,5-6H2,(H,13,14). The first-order chi connectivity index (χ1) is 7.20. The summed E-state index contributed by atoms with van der Waals surface area (Å²) in [5.74, 6) is -2.08. The fraction of sp³-hybridized carbons (Fsp3) is 0.182. The first-order valence-electron chi connectivity index (χ1n) is 4.54. The molecule has 15 heavy (non-hydrogen) atoms. The molecule has 1 aromatic rings. The van der Waals surface area contributed by atoms with E-state index in [2.05, 4.69) is 0 Å². The monoisotopic (exact) mass is 208 g/mol. The van der Waals surface area contributed by atoms with E-state index in [0.29, 0.717) is 17.9 Å². The number of benzene rings is 1. The maximum absolute atomic E-state index is 13.3. The molecule has 0 amide bonds. The molecule has 0 bridgehead atoms. The van der Waals surface area contributed by atoms with Crippen molar-refractivity contribution >= 4 is 11.5 Å². The number of ether oxygens (including phenoxy) is 1. The van der Waals surface area contributed by atoms with Crippen molar-refractivity contribution in [2.24, 2.45) is 0 Å². The van der Waals surface area contributed by atoms with Gasteiger partial charge in [0.15, 0.2) is 0 Å². The molecule has 1 aromatic carbocycles. The fourth-order valence-corrected chi connectivity index (χ4v) is 1.60.